The summed E-state index contributed by atoms with van der Waals surface area (Å²) in [6.45, 7) is -0.283. The van der Waals surface area contributed by atoms with Crippen LogP contribution in [0.4, 0.5) is 0 Å². The molecular formula is C23H13N3O5. The Morgan fingerprint density at radius 2 is 1.68 bits per heavy atom. The lowest BCUT2D eigenvalue weighted by Gasteiger charge is -2.19. The zero-order valence-electron chi connectivity index (χ0n) is 15.9. The third kappa shape index (κ3) is 3.20. The number of benzene rings is 2. The fraction of sp³-hybridized carbons (Fsp3) is 0.0435. The van der Waals surface area contributed by atoms with Crippen molar-refractivity contribution in [3.8, 4) is 11.4 Å². The van der Waals surface area contributed by atoms with Crippen LogP contribution >= 0.6 is 0 Å². The van der Waals surface area contributed by atoms with E-state index in [1.807, 2.05) is 0 Å². The van der Waals surface area contributed by atoms with Crippen molar-refractivity contribution >= 4 is 17.5 Å². The van der Waals surface area contributed by atoms with Crippen molar-refractivity contribution in [3.63, 3.8) is 0 Å². The summed E-state index contributed by atoms with van der Waals surface area (Å²) in [7, 11) is 0. The van der Waals surface area contributed by atoms with Gasteiger partial charge in [0, 0.05) is 40.2 Å². The molecule has 0 atom stereocenters. The van der Waals surface area contributed by atoms with Crippen LogP contribution in [0, 0.1) is 0 Å². The lowest BCUT2D eigenvalue weighted by atomic mass is 9.82. The lowest BCUT2D eigenvalue weighted by molar-refractivity contribution is 0.0427. The van der Waals surface area contributed by atoms with Gasteiger partial charge in [-0.1, -0.05) is 41.6 Å². The van der Waals surface area contributed by atoms with Crippen LogP contribution in [0.1, 0.15) is 48.1 Å². The van der Waals surface area contributed by atoms with Gasteiger partial charge in [0.1, 0.15) is 0 Å². The Bertz CT molecular complexity index is 1340. The first kappa shape index (κ1) is 18.6. The average Bonchev–Trinajstić information content (AvgIpc) is 3.30. The van der Waals surface area contributed by atoms with Crippen LogP contribution in [-0.2, 0) is 11.3 Å². The van der Waals surface area contributed by atoms with E-state index in [-0.39, 0.29) is 40.5 Å². The number of hydrogen-bond acceptors (Lipinski definition) is 8. The molecule has 2 heterocycles. The van der Waals surface area contributed by atoms with E-state index in [0.717, 1.165) is 0 Å². The average molecular weight is 411 g/mol. The van der Waals surface area contributed by atoms with Gasteiger partial charge in [-0.15, -0.1) is 0 Å². The van der Waals surface area contributed by atoms with E-state index in [0.29, 0.717) is 17.0 Å². The van der Waals surface area contributed by atoms with Gasteiger partial charge in [-0.2, -0.15) is 4.98 Å². The summed E-state index contributed by atoms with van der Waals surface area (Å²) in [6, 6.07) is 14.6. The summed E-state index contributed by atoms with van der Waals surface area (Å²) in [5, 5.41) is 3.84. The quantitative estimate of drug-likeness (QED) is 0.414. The van der Waals surface area contributed by atoms with E-state index in [1.165, 1.54) is 12.1 Å². The molecule has 0 saturated carbocycles. The van der Waals surface area contributed by atoms with Crippen LogP contribution in [-0.4, -0.2) is 32.7 Å². The monoisotopic (exact) mass is 411 g/mol. The van der Waals surface area contributed by atoms with Crippen LogP contribution < -0.4 is 0 Å². The molecule has 2 aromatic heterocycles. The van der Waals surface area contributed by atoms with E-state index >= 15 is 0 Å². The minimum Gasteiger partial charge on any atom is -0.452 e. The third-order valence-electron chi connectivity index (χ3n) is 4.89. The van der Waals surface area contributed by atoms with Gasteiger partial charge in [-0.25, -0.2) is 4.79 Å². The Morgan fingerprint density at radius 3 is 2.45 bits per heavy atom. The predicted molar refractivity (Wildman–Crippen MR) is 106 cm³/mol. The lowest BCUT2D eigenvalue weighted by Crippen LogP contribution is -2.24. The maximum atomic E-state index is 13.0. The number of pyridine rings is 1. The molecule has 8 heteroatoms. The predicted octanol–water partition coefficient (Wildman–Crippen LogP) is 3.26. The van der Waals surface area contributed by atoms with Crippen molar-refractivity contribution in [2.45, 2.75) is 6.61 Å². The molecule has 0 aliphatic heterocycles. The summed E-state index contributed by atoms with van der Waals surface area (Å²) in [6.07, 6.45) is 3.20. The summed E-state index contributed by atoms with van der Waals surface area (Å²) in [4.78, 5) is 46.7. The Balaban J connectivity index is 1.40. The van der Waals surface area contributed by atoms with Crippen LogP contribution in [0.5, 0.6) is 0 Å². The van der Waals surface area contributed by atoms with Crippen molar-refractivity contribution in [2.75, 3.05) is 0 Å². The van der Waals surface area contributed by atoms with Gasteiger partial charge in [0.25, 0.3) is 5.89 Å². The van der Waals surface area contributed by atoms with Crippen molar-refractivity contribution in [3.05, 3.63) is 101 Å². The second kappa shape index (κ2) is 7.42. The van der Waals surface area contributed by atoms with E-state index in [4.69, 9.17) is 9.26 Å². The maximum absolute atomic E-state index is 13.0. The molecule has 0 saturated heterocycles. The number of carbonyl (C=O) groups is 3. The second-order valence-electron chi connectivity index (χ2n) is 6.76. The van der Waals surface area contributed by atoms with Crippen molar-refractivity contribution in [2.24, 2.45) is 0 Å². The van der Waals surface area contributed by atoms with Gasteiger partial charge in [-0.3, -0.25) is 14.6 Å². The van der Waals surface area contributed by atoms with Crippen molar-refractivity contribution in [1.29, 1.82) is 0 Å². The number of esters is 1. The Morgan fingerprint density at radius 1 is 0.903 bits per heavy atom. The summed E-state index contributed by atoms with van der Waals surface area (Å²) in [5.41, 5.74) is 1.46. The van der Waals surface area contributed by atoms with Crippen LogP contribution in [0.3, 0.4) is 0 Å². The minimum absolute atomic E-state index is 0.0114. The van der Waals surface area contributed by atoms with E-state index in [9.17, 15) is 14.4 Å². The van der Waals surface area contributed by atoms with Gasteiger partial charge in [-0.05, 0) is 18.2 Å². The minimum atomic E-state index is -0.765. The molecule has 1 aliphatic rings. The first-order chi connectivity index (χ1) is 15.1. The third-order valence-corrected chi connectivity index (χ3v) is 4.89. The Hall–Kier alpha value is -4.46. The van der Waals surface area contributed by atoms with Crippen LogP contribution in [0.2, 0.25) is 0 Å². The number of ketones is 2. The zero-order chi connectivity index (χ0) is 21.4. The van der Waals surface area contributed by atoms with Crippen molar-refractivity contribution in [1.82, 2.24) is 15.1 Å². The molecular weight excluding hydrogens is 398 g/mol. The molecule has 1 aliphatic carbocycles. The largest absolute Gasteiger partial charge is 0.452 e. The molecule has 0 bridgehead atoms. The Kier molecular flexibility index (Phi) is 4.44. The topological polar surface area (TPSA) is 112 Å². The molecule has 31 heavy (non-hydrogen) atoms. The van der Waals surface area contributed by atoms with Gasteiger partial charge >= 0.3 is 5.97 Å². The number of fused-ring (bicyclic) bond motifs is 2. The molecule has 0 spiro atoms. The maximum Gasteiger partial charge on any atom is 0.339 e. The first-order valence-corrected chi connectivity index (χ1v) is 9.35. The summed E-state index contributed by atoms with van der Waals surface area (Å²) < 4.78 is 10.4. The summed E-state index contributed by atoms with van der Waals surface area (Å²) >= 11 is 0. The molecule has 5 rings (SSSR count). The number of aromatic nitrogens is 3. The number of rotatable bonds is 4. The van der Waals surface area contributed by atoms with Gasteiger partial charge in [0.05, 0.1) is 5.56 Å². The number of ether oxygens (including phenoxy) is 1. The van der Waals surface area contributed by atoms with E-state index < -0.39 is 11.8 Å². The molecule has 0 radical (unpaired) electrons. The van der Waals surface area contributed by atoms with E-state index in [1.54, 1.807) is 54.9 Å². The molecule has 2 aromatic carbocycles. The molecule has 4 aromatic rings. The SMILES string of the molecule is O=C(OCc1nc(-c2cccnc2)no1)c1cccc2c1C(=O)c1ccccc1C2=O. The number of nitrogens with zero attached hydrogens (tertiary/aromatic N) is 3. The fourth-order valence-corrected chi connectivity index (χ4v) is 3.45. The van der Waals surface area contributed by atoms with Crippen LogP contribution in [0.15, 0.2) is 71.5 Å². The standard InChI is InChI=1S/C23H13N3O5/c27-20-14-6-1-2-7-15(14)21(28)19-16(20)8-3-9-17(19)23(29)30-12-18-25-22(26-31-18)13-5-4-10-24-11-13/h1-11H,12H2. The second-order valence-corrected chi connectivity index (χ2v) is 6.76. The van der Waals surface area contributed by atoms with Gasteiger partial charge in [0.2, 0.25) is 5.82 Å². The highest BCUT2D eigenvalue weighted by Gasteiger charge is 2.33. The molecule has 8 nitrogen and oxygen atoms in total. The van der Waals surface area contributed by atoms with Gasteiger partial charge < -0.3 is 9.26 Å². The highest BCUT2D eigenvalue weighted by Crippen LogP contribution is 2.30. The zero-order valence-corrected chi connectivity index (χ0v) is 15.9. The first-order valence-electron chi connectivity index (χ1n) is 9.35. The molecule has 0 fully saturated rings. The van der Waals surface area contributed by atoms with E-state index in [2.05, 4.69) is 15.1 Å². The summed E-state index contributed by atoms with van der Waals surface area (Å²) in [5.74, 6) is -1.07. The van der Waals surface area contributed by atoms with Crippen molar-refractivity contribution < 1.29 is 23.6 Å². The number of hydrogen-bond donors (Lipinski definition) is 0. The van der Waals surface area contributed by atoms with Gasteiger partial charge in [0.15, 0.2) is 18.2 Å². The highest BCUT2D eigenvalue weighted by molar-refractivity contribution is 6.30. The van der Waals surface area contributed by atoms with Crippen LogP contribution in [0.25, 0.3) is 11.4 Å². The molecule has 0 amide bonds. The molecule has 0 N–H and O–H groups in total. The molecule has 150 valence electrons. The highest BCUT2D eigenvalue weighted by atomic mass is 16.6. The Labute approximate surface area is 175 Å². The molecule has 0 unspecified atom stereocenters. The fourth-order valence-electron chi connectivity index (χ4n) is 3.45. The smallest absolute Gasteiger partial charge is 0.339 e. The number of carbonyl (C=O) groups excluding carboxylic acids is 3. The normalized spacial score (nSPS) is 12.3.